The van der Waals surface area contributed by atoms with Gasteiger partial charge < -0.3 is 4.74 Å². The minimum Gasteiger partial charge on any atom is -0.380 e. The zero-order chi connectivity index (χ0) is 8.27. The third-order valence-electron chi connectivity index (χ3n) is 1.60. The number of terminal acetylenes is 1. The first kappa shape index (κ1) is 8.82. The molecule has 0 bridgehead atoms. The van der Waals surface area contributed by atoms with E-state index in [-0.39, 0.29) is 0 Å². The van der Waals surface area contributed by atoms with E-state index in [2.05, 4.69) is 34.6 Å². The molecular weight excluding hydrogens is 251 g/mol. The molecule has 0 atom stereocenters. The van der Waals surface area contributed by atoms with Gasteiger partial charge in [-0.25, -0.2) is 0 Å². The molecule has 1 aliphatic rings. The lowest BCUT2D eigenvalue weighted by atomic mass is 10.2. The van der Waals surface area contributed by atoms with Gasteiger partial charge in [0.25, 0.3) is 0 Å². The minimum absolute atomic E-state index is 0.633. The number of methoxy groups -OCH3 is 1. The summed E-state index contributed by atoms with van der Waals surface area (Å²) in [6.07, 6.45) is 8.34. The van der Waals surface area contributed by atoms with Crippen LogP contribution in [0.1, 0.15) is 6.42 Å². The molecule has 0 aliphatic heterocycles. The quantitative estimate of drug-likeness (QED) is 0.546. The molecule has 11 heavy (non-hydrogen) atoms. The number of allylic oxidation sites excluding steroid dienone is 2. The molecule has 1 rings (SSSR count). The van der Waals surface area contributed by atoms with Crippen molar-refractivity contribution < 1.29 is 4.74 Å². The summed E-state index contributed by atoms with van der Waals surface area (Å²) in [7, 11) is 1.68. The van der Waals surface area contributed by atoms with Gasteiger partial charge >= 0.3 is 0 Å². The molecule has 0 saturated carbocycles. The van der Waals surface area contributed by atoms with Crippen LogP contribution >= 0.6 is 22.6 Å². The Morgan fingerprint density at radius 2 is 2.55 bits per heavy atom. The molecular formula is C9H9IO. The Morgan fingerprint density at radius 1 is 1.82 bits per heavy atom. The Morgan fingerprint density at radius 3 is 3.09 bits per heavy atom. The lowest BCUT2D eigenvalue weighted by Gasteiger charge is -2.01. The van der Waals surface area contributed by atoms with Crippen molar-refractivity contribution >= 4 is 22.6 Å². The second-order valence-electron chi connectivity index (χ2n) is 2.29. The van der Waals surface area contributed by atoms with E-state index in [0.717, 1.165) is 12.0 Å². The highest BCUT2D eigenvalue weighted by Gasteiger charge is 2.13. The maximum Gasteiger partial charge on any atom is 0.0732 e. The van der Waals surface area contributed by atoms with Crippen molar-refractivity contribution in [1.29, 1.82) is 0 Å². The van der Waals surface area contributed by atoms with Gasteiger partial charge in [0.15, 0.2) is 0 Å². The van der Waals surface area contributed by atoms with Crippen molar-refractivity contribution in [3.63, 3.8) is 0 Å². The molecule has 0 fully saturated rings. The van der Waals surface area contributed by atoms with Crippen LogP contribution in [0.4, 0.5) is 0 Å². The molecule has 0 radical (unpaired) electrons. The molecule has 0 aromatic heterocycles. The van der Waals surface area contributed by atoms with Crippen LogP contribution in [0.15, 0.2) is 20.8 Å². The zero-order valence-corrected chi connectivity index (χ0v) is 8.51. The Balaban J connectivity index is 2.83. The summed E-state index contributed by atoms with van der Waals surface area (Å²) in [4.78, 5) is 0. The fraction of sp³-hybridized carbons (Fsp3) is 0.333. The lowest BCUT2D eigenvalue weighted by Crippen LogP contribution is -1.94. The summed E-state index contributed by atoms with van der Waals surface area (Å²) in [6.45, 7) is 0.633. The van der Waals surface area contributed by atoms with Crippen LogP contribution in [0.3, 0.4) is 0 Å². The smallest absolute Gasteiger partial charge is 0.0732 e. The Kier molecular flexibility index (Phi) is 3.16. The standard InChI is InChI=1S/C9H9IO/c1-3-7-4-5-9(10)8(7)6-11-2/h1,5H,4,6H2,2H3. The zero-order valence-electron chi connectivity index (χ0n) is 6.36. The highest BCUT2D eigenvalue weighted by atomic mass is 127. The Hall–Kier alpha value is -0.270. The van der Waals surface area contributed by atoms with E-state index in [1.165, 1.54) is 9.15 Å². The summed E-state index contributed by atoms with van der Waals surface area (Å²) in [5.41, 5.74) is 2.24. The van der Waals surface area contributed by atoms with Crippen molar-refractivity contribution in [2.45, 2.75) is 6.42 Å². The van der Waals surface area contributed by atoms with Gasteiger partial charge in [-0.05, 0) is 22.6 Å². The average Bonchev–Trinajstić information content (AvgIpc) is 2.34. The van der Waals surface area contributed by atoms with E-state index >= 15 is 0 Å². The van der Waals surface area contributed by atoms with Crippen LogP contribution in [0.2, 0.25) is 0 Å². The number of rotatable bonds is 2. The van der Waals surface area contributed by atoms with Crippen LogP contribution in [0, 0.1) is 12.3 Å². The molecule has 1 aliphatic carbocycles. The molecule has 0 unspecified atom stereocenters. The van der Waals surface area contributed by atoms with Crippen molar-refractivity contribution in [3.05, 3.63) is 20.8 Å². The number of hydrogen-bond acceptors (Lipinski definition) is 1. The van der Waals surface area contributed by atoms with Gasteiger partial charge in [0.05, 0.1) is 6.61 Å². The minimum atomic E-state index is 0.633. The van der Waals surface area contributed by atoms with Gasteiger partial charge in [-0.3, -0.25) is 0 Å². The first-order valence-corrected chi connectivity index (χ1v) is 4.41. The van der Waals surface area contributed by atoms with Crippen molar-refractivity contribution in [2.75, 3.05) is 13.7 Å². The molecule has 0 aromatic carbocycles. The monoisotopic (exact) mass is 260 g/mol. The summed E-state index contributed by atoms with van der Waals surface area (Å²) < 4.78 is 6.26. The third kappa shape index (κ3) is 1.85. The van der Waals surface area contributed by atoms with Crippen LogP contribution < -0.4 is 0 Å². The molecule has 0 saturated heterocycles. The van der Waals surface area contributed by atoms with Crippen LogP contribution in [0.25, 0.3) is 0 Å². The van der Waals surface area contributed by atoms with E-state index < -0.39 is 0 Å². The molecule has 0 aromatic rings. The molecule has 1 nitrogen and oxygen atoms in total. The fourth-order valence-corrected chi connectivity index (χ4v) is 1.73. The summed E-state index contributed by atoms with van der Waals surface area (Å²) in [5, 5.41) is 0. The van der Waals surface area contributed by atoms with Crippen LogP contribution in [-0.4, -0.2) is 13.7 Å². The molecule has 58 valence electrons. The van der Waals surface area contributed by atoms with E-state index in [0.29, 0.717) is 6.61 Å². The number of hydrogen-bond donors (Lipinski definition) is 0. The normalized spacial score (nSPS) is 16.6. The van der Waals surface area contributed by atoms with Gasteiger partial charge in [-0.1, -0.05) is 12.0 Å². The second kappa shape index (κ2) is 3.93. The SMILES string of the molecule is C#CC1=C(COC)C(I)=CC1. The average molecular weight is 260 g/mol. The van der Waals surface area contributed by atoms with E-state index in [4.69, 9.17) is 11.2 Å². The van der Waals surface area contributed by atoms with Crippen molar-refractivity contribution in [1.82, 2.24) is 0 Å². The van der Waals surface area contributed by atoms with Crippen molar-refractivity contribution in [2.24, 2.45) is 0 Å². The summed E-state index contributed by atoms with van der Waals surface area (Å²) >= 11 is 2.28. The van der Waals surface area contributed by atoms with Gasteiger partial charge in [-0.2, -0.15) is 0 Å². The largest absolute Gasteiger partial charge is 0.380 e. The highest BCUT2D eigenvalue weighted by Crippen LogP contribution is 2.30. The summed E-state index contributed by atoms with van der Waals surface area (Å²) in [6, 6.07) is 0. The van der Waals surface area contributed by atoms with Gasteiger partial charge in [-0.15, -0.1) is 6.42 Å². The van der Waals surface area contributed by atoms with Gasteiger partial charge in [0, 0.05) is 28.3 Å². The topological polar surface area (TPSA) is 9.23 Å². The first-order valence-electron chi connectivity index (χ1n) is 3.33. The van der Waals surface area contributed by atoms with Gasteiger partial charge in [0.2, 0.25) is 0 Å². The molecule has 0 amide bonds. The van der Waals surface area contributed by atoms with E-state index in [1.807, 2.05) is 0 Å². The number of ether oxygens (including phenoxy) is 1. The Bertz CT molecular complexity index is 255. The van der Waals surface area contributed by atoms with Crippen LogP contribution in [0.5, 0.6) is 0 Å². The molecule has 0 N–H and O–H groups in total. The second-order valence-corrected chi connectivity index (χ2v) is 3.45. The van der Waals surface area contributed by atoms with E-state index in [1.54, 1.807) is 7.11 Å². The predicted molar refractivity (Wildman–Crippen MR) is 54.5 cm³/mol. The van der Waals surface area contributed by atoms with Gasteiger partial charge in [0.1, 0.15) is 0 Å². The van der Waals surface area contributed by atoms with Crippen LogP contribution in [-0.2, 0) is 4.74 Å². The third-order valence-corrected chi connectivity index (χ3v) is 2.69. The van der Waals surface area contributed by atoms with Crippen molar-refractivity contribution in [3.8, 4) is 12.3 Å². The molecule has 0 heterocycles. The maximum absolute atomic E-state index is 5.32. The number of halogens is 1. The Labute approximate surface area is 80.6 Å². The molecule has 2 heteroatoms. The fourth-order valence-electron chi connectivity index (χ4n) is 1.03. The predicted octanol–water partition coefficient (Wildman–Crippen LogP) is 2.29. The maximum atomic E-state index is 5.32. The van der Waals surface area contributed by atoms with E-state index in [9.17, 15) is 0 Å². The highest BCUT2D eigenvalue weighted by molar-refractivity contribution is 14.1. The lowest BCUT2D eigenvalue weighted by molar-refractivity contribution is 0.228. The summed E-state index contributed by atoms with van der Waals surface area (Å²) in [5.74, 6) is 2.67. The molecule has 0 spiro atoms. The first-order chi connectivity index (χ1) is 5.29.